The Morgan fingerprint density at radius 3 is 1.14 bits per heavy atom. The minimum atomic E-state index is -4.64. The van der Waals surface area contributed by atoms with E-state index in [1.165, 1.54) is 0 Å². The van der Waals surface area contributed by atoms with Crippen LogP contribution in [0.1, 0.15) is 5.71 Å². The van der Waals surface area contributed by atoms with Crippen molar-refractivity contribution in [3.63, 3.8) is 0 Å². The fourth-order valence-corrected chi connectivity index (χ4v) is 0.538. The van der Waals surface area contributed by atoms with Gasteiger partial charge in [0.15, 0.2) is 4.31 Å². The van der Waals surface area contributed by atoms with Gasteiger partial charge >= 0.3 is 99.8 Å². The van der Waals surface area contributed by atoms with Crippen LogP contribution in [-0.4, -0.2) is 99.9 Å². The molecular formula is H9Ca2O9P3+2. The topological polar surface area (TPSA) is 162 Å². The molecule has 0 aliphatic rings. The molecule has 0 aromatic rings. The fourth-order valence-electron chi connectivity index (χ4n) is 0.0598. The van der Waals surface area contributed by atoms with Gasteiger partial charge < -0.3 is 20.4 Å². The minimum absolute atomic E-state index is 0. The molecule has 0 bridgehead atoms. The van der Waals surface area contributed by atoms with Gasteiger partial charge in [0.2, 0.25) is 0 Å². The number of rotatable bonds is 2. The van der Waals surface area contributed by atoms with Crippen LogP contribution in [0.2, 0.25) is 0 Å². The Bertz CT molecular complexity index is 200. The third-order valence-corrected chi connectivity index (χ3v) is 1.26. The molecule has 0 spiro atoms. The van der Waals surface area contributed by atoms with E-state index in [9.17, 15) is 9.13 Å². The summed E-state index contributed by atoms with van der Waals surface area (Å²) in [6.07, 6.45) is 0. The van der Waals surface area contributed by atoms with E-state index in [4.69, 9.17) is 29.0 Å². The third kappa shape index (κ3) is 61.4. The van der Waals surface area contributed by atoms with Crippen molar-refractivity contribution in [2.45, 2.75) is 0 Å². The van der Waals surface area contributed by atoms with E-state index in [1.54, 1.807) is 0 Å². The van der Waals surface area contributed by atoms with E-state index in [0.717, 1.165) is 0 Å². The first-order chi connectivity index (χ1) is 5.13. The Morgan fingerprint density at radius 2 is 1.14 bits per heavy atom. The standard InChI is InChI=1S/2Ca.O5P2.H3O4P.4H/c;;1-6(2)5-7(3)4;1-5(2,3)4;;;;/h;;;(H3,1,2,3,4);;;;/q2*+2;;;4*-1/p+2. The number of hydrogen-bond donors (Lipinski definition) is 5. The summed E-state index contributed by atoms with van der Waals surface area (Å²) in [4.78, 5) is 36.9. The molecule has 0 fully saturated rings. The van der Waals surface area contributed by atoms with Crippen LogP contribution in [0.25, 0.3) is 0 Å². The van der Waals surface area contributed by atoms with Crippen molar-refractivity contribution in [3.05, 3.63) is 0 Å². The summed E-state index contributed by atoms with van der Waals surface area (Å²) in [6.45, 7) is 0. The zero-order chi connectivity index (χ0) is 10.4. The molecule has 0 aliphatic heterocycles. The van der Waals surface area contributed by atoms with Gasteiger partial charge in [-0.2, -0.15) is 0 Å². The van der Waals surface area contributed by atoms with Crippen molar-refractivity contribution >= 4 is 99.8 Å². The molecule has 0 amide bonds. The number of hydrogen-bond acceptors (Lipinski definition) is 4. The molecule has 0 aliphatic carbocycles. The Kier molecular flexibility index (Phi) is 25.1. The summed E-state index contributed by atoms with van der Waals surface area (Å²) in [6, 6.07) is 0. The van der Waals surface area contributed by atoms with Crippen molar-refractivity contribution < 1.29 is 48.2 Å². The SMILES string of the molecule is O=P(O)(O)O.O=[P+](O)O[P+](=O)O.[Ca+2].[Ca+2].[H-].[H-].[H-].[H-]. The first-order valence-electron chi connectivity index (χ1n) is 1.91. The van der Waals surface area contributed by atoms with Crippen LogP contribution < -0.4 is 0 Å². The van der Waals surface area contributed by atoms with Crippen molar-refractivity contribution in [1.82, 2.24) is 0 Å². The van der Waals surface area contributed by atoms with E-state index < -0.39 is 24.3 Å². The Hall–Kier alpha value is 2.71. The fraction of sp³-hybridized carbons (Fsp3) is 0. The zero-order valence-corrected chi connectivity index (χ0v) is 13.7. The summed E-state index contributed by atoms with van der Waals surface area (Å²) in [5.41, 5.74) is 0. The quantitative estimate of drug-likeness (QED) is 0.318. The van der Waals surface area contributed by atoms with Crippen LogP contribution in [0, 0.1) is 0 Å². The molecule has 0 saturated carbocycles. The second-order valence-corrected chi connectivity index (χ2v) is 3.70. The zero-order valence-electron chi connectivity index (χ0n) is 10.6. The Labute approximate surface area is 146 Å². The van der Waals surface area contributed by atoms with E-state index in [2.05, 4.69) is 4.31 Å². The average Bonchev–Trinajstić information content (AvgIpc) is 1.52. The molecule has 14 heavy (non-hydrogen) atoms. The summed E-state index contributed by atoms with van der Waals surface area (Å²) in [7, 11) is -10.5. The van der Waals surface area contributed by atoms with Gasteiger partial charge in [0.1, 0.15) is 0 Å². The molecule has 80 valence electrons. The normalized spacial score (nSPS) is 10.9. The Balaban J connectivity index is -0.0000000142. The van der Waals surface area contributed by atoms with E-state index >= 15 is 0 Å². The molecule has 2 unspecified atom stereocenters. The van der Waals surface area contributed by atoms with Crippen LogP contribution >= 0.6 is 24.3 Å². The summed E-state index contributed by atoms with van der Waals surface area (Å²) in [5.74, 6) is 0. The van der Waals surface area contributed by atoms with Crippen molar-refractivity contribution in [2.24, 2.45) is 0 Å². The Morgan fingerprint density at radius 1 is 1.00 bits per heavy atom. The van der Waals surface area contributed by atoms with Gasteiger partial charge in [-0.3, -0.25) is 0 Å². The molecule has 0 saturated heterocycles. The maximum atomic E-state index is 9.39. The maximum absolute atomic E-state index is 9.39. The first-order valence-corrected chi connectivity index (χ1v) is 5.74. The predicted octanol–water partition coefficient (Wildman–Crippen LogP) is -0.938. The van der Waals surface area contributed by atoms with Crippen LogP contribution in [0.4, 0.5) is 0 Å². The molecule has 2 atom stereocenters. The van der Waals surface area contributed by atoms with Gasteiger partial charge in [-0.15, -0.1) is 9.79 Å². The molecule has 0 radical (unpaired) electrons. The van der Waals surface area contributed by atoms with Gasteiger partial charge in [0.05, 0.1) is 0 Å². The van der Waals surface area contributed by atoms with Crippen LogP contribution in [-0.2, 0) is 18.0 Å². The first kappa shape index (κ1) is 25.5. The van der Waals surface area contributed by atoms with Crippen LogP contribution in [0.15, 0.2) is 0 Å². The van der Waals surface area contributed by atoms with Crippen LogP contribution in [0.3, 0.4) is 0 Å². The molecular weight excluding hydrogens is 317 g/mol. The molecule has 14 heteroatoms. The predicted molar refractivity (Wildman–Crippen MR) is 51.0 cm³/mol. The largest absolute Gasteiger partial charge is 2.00 e. The van der Waals surface area contributed by atoms with Crippen molar-refractivity contribution in [1.29, 1.82) is 0 Å². The molecule has 0 rings (SSSR count). The second kappa shape index (κ2) is 13.8. The smallest absolute Gasteiger partial charge is 1.00 e. The van der Waals surface area contributed by atoms with E-state index in [1.807, 2.05) is 0 Å². The monoisotopic (exact) mass is 326 g/mol. The van der Waals surface area contributed by atoms with Crippen LogP contribution in [0.5, 0.6) is 0 Å². The van der Waals surface area contributed by atoms with Gasteiger partial charge in [-0.25, -0.2) is 4.57 Å². The third-order valence-electron chi connectivity index (χ3n) is 0.140. The van der Waals surface area contributed by atoms with Gasteiger partial charge in [0, 0.05) is 9.13 Å². The van der Waals surface area contributed by atoms with Crippen molar-refractivity contribution in [3.8, 4) is 0 Å². The van der Waals surface area contributed by atoms with E-state index in [0.29, 0.717) is 0 Å². The van der Waals surface area contributed by atoms with Gasteiger partial charge in [-0.05, 0) is 0 Å². The maximum Gasteiger partial charge on any atom is 2.00 e. The van der Waals surface area contributed by atoms with E-state index in [-0.39, 0.29) is 81.2 Å². The van der Waals surface area contributed by atoms with Gasteiger partial charge in [0.25, 0.3) is 0 Å². The summed E-state index contributed by atoms with van der Waals surface area (Å²) in [5, 5.41) is 0. The van der Waals surface area contributed by atoms with Crippen molar-refractivity contribution in [2.75, 3.05) is 0 Å². The second-order valence-electron chi connectivity index (χ2n) is 1.07. The number of phosphoric acid groups is 1. The summed E-state index contributed by atoms with van der Waals surface area (Å²) >= 11 is 0. The summed E-state index contributed by atoms with van der Waals surface area (Å²) < 4.78 is 31.0. The van der Waals surface area contributed by atoms with Gasteiger partial charge in [-0.1, -0.05) is 0 Å². The molecule has 9 nitrogen and oxygen atoms in total. The average molecular weight is 326 g/mol. The molecule has 0 heterocycles. The molecule has 0 aromatic carbocycles. The minimum Gasteiger partial charge on any atom is -1.00 e. The molecule has 5 N–H and O–H groups in total. The molecule has 0 aromatic heterocycles.